The fraction of sp³-hybridized carbons (Fsp3) is 0.261. The molecule has 146 valence electrons. The Balaban J connectivity index is 1.55. The van der Waals surface area contributed by atoms with Crippen LogP contribution < -0.4 is 19.7 Å². The van der Waals surface area contributed by atoms with Gasteiger partial charge in [0.1, 0.15) is 18.0 Å². The van der Waals surface area contributed by atoms with Gasteiger partial charge in [-0.3, -0.25) is 4.79 Å². The van der Waals surface area contributed by atoms with Crippen molar-refractivity contribution in [3.05, 3.63) is 71.8 Å². The van der Waals surface area contributed by atoms with E-state index in [4.69, 9.17) is 9.47 Å². The summed E-state index contributed by atoms with van der Waals surface area (Å²) < 4.78 is 10.6. The SMILES string of the molecule is COc1ccc2cc(C[NH+](C)CC(=O)NCc3ccccc3OC)ccc2c1. The topological polar surface area (TPSA) is 52.0 Å². The van der Waals surface area contributed by atoms with Gasteiger partial charge in [0.2, 0.25) is 0 Å². The van der Waals surface area contributed by atoms with Gasteiger partial charge < -0.3 is 19.7 Å². The van der Waals surface area contributed by atoms with E-state index in [1.165, 1.54) is 10.9 Å². The maximum Gasteiger partial charge on any atom is 0.275 e. The Labute approximate surface area is 165 Å². The van der Waals surface area contributed by atoms with Gasteiger partial charge >= 0.3 is 0 Å². The lowest BCUT2D eigenvalue weighted by molar-refractivity contribution is -0.885. The molecule has 5 heteroatoms. The van der Waals surface area contributed by atoms with Crippen molar-refractivity contribution in [2.24, 2.45) is 0 Å². The van der Waals surface area contributed by atoms with Gasteiger partial charge in [0, 0.05) is 17.7 Å². The molecule has 0 spiro atoms. The van der Waals surface area contributed by atoms with E-state index >= 15 is 0 Å². The molecule has 0 aromatic heterocycles. The first kappa shape index (κ1) is 19.7. The molecule has 5 nitrogen and oxygen atoms in total. The van der Waals surface area contributed by atoms with E-state index in [0.29, 0.717) is 13.1 Å². The van der Waals surface area contributed by atoms with E-state index in [1.54, 1.807) is 14.2 Å². The summed E-state index contributed by atoms with van der Waals surface area (Å²) in [5.74, 6) is 1.67. The average molecular weight is 379 g/mol. The van der Waals surface area contributed by atoms with Gasteiger partial charge in [-0.25, -0.2) is 0 Å². The number of quaternary nitrogens is 1. The summed E-state index contributed by atoms with van der Waals surface area (Å²) in [5.41, 5.74) is 2.17. The third kappa shape index (κ3) is 5.02. The number of amides is 1. The number of hydrogen-bond donors (Lipinski definition) is 2. The normalized spacial score (nSPS) is 11.8. The van der Waals surface area contributed by atoms with Crippen LogP contribution in [0.2, 0.25) is 0 Å². The van der Waals surface area contributed by atoms with Crippen LogP contribution in [0.5, 0.6) is 11.5 Å². The fourth-order valence-corrected chi connectivity index (χ4v) is 3.30. The van der Waals surface area contributed by atoms with E-state index < -0.39 is 0 Å². The third-order valence-corrected chi connectivity index (χ3v) is 4.75. The molecule has 0 fully saturated rings. The molecule has 0 bridgehead atoms. The average Bonchev–Trinajstić information content (AvgIpc) is 2.71. The van der Waals surface area contributed by atoms with Gasteiger partial charge in [-0.2, -0.15) is 0 Å². The first-order chi connectivity index (χ1) is 13.6. The molecule has 1 amide bonds. The summed E-state index contributed by atoms with van der Waals surface area (Å²) in [6.07, 6.45) is 0. The molecule has 3 rings (SSSR count). The largest absolute Gasteiger partial charge is 0.497 e. The minimum Gasteiger partial charge on any atom is -0.497 e. The molecule has 3 aromatic carbocycles. The zero-order chi connectivity index (χ0) is 19.9. The molecule has 3 aromatic rings. The minimum atomic E-state index is 0.0222. The highest BCUT2D eigenvalue weighted by molar-refractivity contribution is 5.84. The van der Waals surface area contributed by atoms with Gasteiger partial charge in [-0.15, -0.1) is 0 Å². The molecule has 0 saturated heterocycles. The quantitative estimate of drug-likeness (QED) is 0.631. The molecule has 1 atom stereocenters. The van der Waals surface area contributed by atoms with Gasteiger partial charge in [0.05, 0.1) is 21.3 Å². The van der Waals surface area contributed by atoms with Crippen molar-refractivity contribution in [2.45, 2.75) is 13.1 Å². The molecular weight excluding hydrogens is 352 g/mol. The van der Waals surface area contributed by atoms with Crippen LogP contribution in [0.4, 0.5) is 0 Å². The number of benzene rings is 3. The summed E-state index contributed by atoms with van der Waals surface area (Å²) >= 11 is 0. The lowest BCUT2D eigenvalue weighted by Crippen LogP contribution is -3.08. The number of methoxy groups -OCH3 is 2. The Morgan fingerprint density at radius 3 is 2.50 bits per heavy atom. The molecule has 0 aliphatic carbocycles. The van der Waals surface area contributed by atoms with Crippen LogP contribution in [0, 0.1) is 0 Å². The summed E-state index contributed by atoms with van der Waals surface area (Å²) in [4.78, 5) is 13.4. The molecule has 0 radical (unpaired) electrons. The van der Waals surface area contributed by atoms with Crippen molar-refractivity contribution in [3.63, 3.8) is 0 Å². The number of carbonyl (C=O) groups is 1. The zero-order valence-electron chi connectivity index (χ0n) is 16.6. The van der Waals surface area contributed by atoms with Gasteiger partial charge in [-0.1, -0.05) is 36.4 Å². The lowest BCUT2D eigenvalue weighted by Gasteiger charge is -2.15. The van der Waals surface area contributed by atoms with Crippen LogP contribution in [0.3, 0.4) is 0 Å². The molecular formula is C23H27N2O3+. The number of fused-ring (bicyclic) bond motifs is 1. The third-order valence-electron chi connectivity index (χ3n) is 4.75. The number of ether oxygens (including phenoxy) is 2. The fourth-order valence-electron chi connectivity index (χ4n) is 3.30. The van der Waals surface area contributed by atoms with E-state index in [0.717, 1.165) is 33.9 Å². The number of carbonyl (C=O) groups excluding carboxylic acids is 1. The molecule has 0 heterocycles. The molecule has 0 aliphatic rings. The number of likely N-dealkylation sites (N-methyl/N-ethyl adjacent to an activating group) is 1. The first-order valence-electron chi connectivity index (χ1n) is 9.35. The Morgan fingerprint density at radius 2 is 1.71 bits per heavy atom. The molecule has 0 saturated carbocycles. The second kappa shape index (κ2) is 9.24. The highest BCUT2D eigenvalue weighted by Gasteiger charge is 2.12. The van der Waals surface area contributed by atoms with Crippen molar-refractivity contribution in [2.75, 3.05) is 27.8 Å². The van der Waals surface area contributed by atoms with Crippen molar-refractivity contribution in [1.29, 1.82) is 0 Å². The van der Waals surface area contributed by atoms with E-state index in [9.17, 15) is 4.79 Å². The maximum absolute atomic E-state index is 12.3. The monoisotopic (exact) mass is 379 g/mol. The summed E-state index contributed by atoms with van der Waals surface area (Å²) in [6, 6.07) is 20.2. The second-order valence-corrected chi connectivity index (χ2v) is 6.95. The van der Waals surface area contributed by atoms with Crippen LogP contribution in [-0.4, -0.2) is 33.7 Å². The number of hydrogen-bond acceptors (Lipinski definition) is 3. The lowest BCUT2D eigenvalue weighted by atomic mass is 10.1. The number of nitrogens with one attached hydrogen (secondary N) is 2. The smallest absolute Gasteiger partial charge is 0.275 e. The van der Waals surface area contributed by atoms with Crippen molar-refractivity contribution in [3.8, 4) is 11.5 Å². The van der Waals surface area contributed by atoms with Crippen LogP contribution >= 0.6 is 0 Å². The highest BCUT2D eigenvalue weighted by atomic mass is 16.5. The van der Waals surface area contributed by atoms with Crippen molar-refractivity contribution >= 4 is 16.7 Å². The molecule has 28 heavy (non-hydrogen) atoms. The maximum atomic E-state index is 12.3. The van der Waals surface area contributed by atoms with Gasteiger partial charge in [-0.05, 0) is 35.0 Å². The minimum absolute atomic E-state index is 0.0222. The Morgan fingerprint density at radius 1 is 0.964 bits per heavy atom. The summed E-state index contributed by atoms with van der Waals surface area (Å²) in [7, 11) is 5.34. The Hall–Kier alpha value is -3.05. The summed E-state index contributed by atoms with van der Waals surface area (Å²) in [6.45, 7) is 1.66. The van der Waals surface area contributed by atoms with Crippen molar-refractivity contribution in [1.82, 2.24) is 5.32 Å². The molecule has 0 aliphatic heterocycles. The highest BCUT2D eigenvalue weighted by Crippen LogP contribution is 2.21. The Bertz CT molecular complexity index is 955. The van der Waals surface area contributed by atoms with Gasteiger partial charge in [0.15, 0.2) is 6.54 Å². The van der Waals surface area contributed by atoms with Gasteiger partial charge in [0.25, 0.3) is 5.91 Å². The predicted molar refractivity (Wildman–Crippen MR) is 111 cm³/mol. The first-order valence-corrected chi connectivity index (χ1v) is 9.35. The van der Waals surface area contributed by atoms with E-state index in [1.807, 2.05) is 43.4 Å². The summed E-state index contributed by atoms with van der Waals surface area (Å²) in [5, 5.41) is 5.30. The van der Waals surface area contributed by atoms with Crippen LogP contribution in [-0.2, 0) is 17.9 Å². The van der Waals surface area contributed by atoms with Crippen LogP contribution in [0.25, 0.3) is 10.8 Å². The number of para-hydroxylation sites is 1. The predicted octanol–water partition coefficient (Wildman–Crippen LogP) is 2.19. The molecule has 2 N–H and O–H groups in total. The van der Waals surface area contributed by atoms with E-state index in [2.05, 4.69) is 29.6 Å². The standard InChI is InChI=1S/C23H26N2O3/c1-25(16-23(26)24-14-20-6-4-5-7-22(20)28-3)15-17-8-9-19-13-21(27-2)11-10-18(19)12-17/h4-13H,14-16H2,1-3H3,(H,24,26)/p+1. The van der Waals surface area contributed by atoms with Crippen molar-refractivity contribution < 1.29 is 19.2 Å². The van der Waals surface area contributed by atoms with Crippen LogP contribution in [0.1, 0.15) is 11.1 Å². The zero-order valence-corrected chi connectivity index (χ0v) is 16.6. The van der Waals surface area contributed by atoms with Crippen LogP contribution in [0.15, 0.2) is 60.7 Å². The second-order valence-electron chi connectivity index (χ2n) is 6.95. The molecule has 1 unspecified atom stereocenters. The Kier molecular flexibility index (Phi) is 6.50. The number of rotatable bonds is 8. The van der Waals surface area contributed by atoms with E-state index in [-0.39, 0.29) is 5.91 Å².